The fourth-order valence-corrected chi connectivity index (χ4v) is 5.41. The highest BCUT2D eigenvalue weighted by molar-refractivity contribution is 5.45. The van der Waals surface area contributed by atoms with E-state index < -0.39 is 0 Å². The first-order valence-electron chi connectivity index (χ1n) is 8.52. The van der Waals surface area contributed by atoms with Gasteiger partial charge in [0, 0.05) is 23.8 Å². The van der Waals surface area contributed by atoms with Gasteiger partial charge in [-0.25, -0.2) is 4.98 Å². The molecule has 1 aromatic rings. The molecule has 0 aliphatic heterocycles. The second-order valence-corrected chi connectivity index (χ2v) is 7.57. The van der Waals surface area contributed by atoms with E-state index in [4.69, 9.17) is 0 Å². The van der Waals surface area contributed by atoms with Crippen LogP contribution >= 0.6 is 0 Å². The fraction of sp³-hybridized carbons (Fsp3) is 0.765. The van der Waals surface area contributed by atoms with Crippen LogP contribution < -0.4 is 10.6 Å². The van der Waals surface area contributed by atoms with Crippen LogP contribution in [0.1, 0.15) is 51.1 Å². The molecule has 21 heavy (non-hydrogen) atoms. The number of anilines is 2. The Bertz CT molecular complexity index is 504. The normalized spacial score (nSPS) is 36.8. The number of rotatable bonds is 4. The van der Waals surface area contributed by atoms with Gasteiger partial charge in [-0.05, 0) is 70.1 Å². The van der Waals surface area contributed by atoms with E-state index in [0.717, 1.165) is 41.8 Å². The van der Waals surface area contributed by atoms with E-state index in [9.17, 15) is 0 Å². The Labute approximate surface area is 127 Å². The van der Waals surface area contributed by atoms with Gasteiger partial charge in [0.05, 0.1) is 0 Å². The summed E-state index contributed by atoms with van der Waals surface area (Å²) < 4.78 is 0. The Hall–Kier alpha value is -1.32. The van der Waals surface area contributed by atoms with Crippen molar-refractivity contribution in [2.24, 2.45) is 17.8 Å². The average Bonchev–Trinajstić information content (AvgIpc) is 2.35. The monoisotopic (exact) mass is 286 g/mol. The molecule has 0 radical (unpaired) electrons. The van der Waals surface area contributed by atoms with Crippen LogP contribution in [0.3, 0.4) is 0 Å². The van der Waals surface area contributed by atoms with Gasteiger partial charge in [-0.2, -0.15) is 4.98 Å². The second-order valence-electron chi connectivity index (χ2n) is 7.57. The Morgan fingerprint density at radius 2 is 1.71 bits per heavy atom. The molecule has 4 aliphatic rings. The molecule has 4 heteroatoms. The van der Waals surface area contributed by atoms with Gasteiger partial charge in [-0.3, -0.25) is 0 Å². The smallest absolute Gasteiger partial charge is 0.224 e. The molecule has 4 nitrogen and oxygen atoms in total. The molecule has 0 spiro atoms. The maximum absolute atomic E-state index is 4.67. The van der Waals surface area contributed by atoms with Crippen LogP contribution in [-0.4, -0.2) is 22.1 Å². The van der Waals surface area contributed by atoms with E-state index in [0.29, 0.717) is 5.54 Å². The Kier molecular flexibility index (Phi) is 3.09. The maximum atomic E-state index is 4.67. The zero-order chi connectivity index (χ0) is 14.4. The number of hydrogen-bond acceptors (Lipinski definition) is 4. The molecule has 5 rings (SSSR count). The maximum Gasteiger partial charge on any atom is 0.224 e. The number of aryl methyl sites for hydroxylation is 1. The Balaban J connectivity index is 1.58. The van der Waals surface area contributed by atoms with Crippen LogP contribution in [0.5, 0.6) is 0 Å². The van der Waals surface area contributed by atoms with Gasteiger partial charge >= 0.3 is 0 Å². The minimum Gasteiger partial charge on any atom is -0.364 e. The molecule has 0 atom stereocenters. The first-order valence-corrected chi connectivity index (χ1v) is 8.52. The highest BCUT2D eigenvalue weighted by Gasteiger charge is 2.51. The molecule has 0 unspecified atom stereocenters. The van der Waals surface area contributed by atoms with Gasteiger partial charge in [0.2, 0.25) is 5.95 Å². The predicted molar refractivity (Wildman–Crippen MR) is 85.5 cm³/mol. The van der Waals surface area contributed by atoms with Crippen LogP contribution in [0.4, 0.5) is 11.8 Å². The van der Waals surface area contributed by atoms with E-state index in [1.165, 1.54) is 38.5 Å². The second kappa shape index (κ2) is 4.85. The summed E-state index contributed by atoms with van der Waals surface area (Å²) in [7, 11) is 0. The van der Waals surface area contributed by atoms with E-state index in [-0.39, 0.29) is 0 Å². The van der Waals surface area contributed by atoms with Gasteiger partial charge < -0.3 is 10.6 Å². The average molecular weight is 286 g/mol. The molecule has 0 aromatic carbocycles. The lowest BCUT2D eigenvalue weighted by atomic mass is 9.53. The van der Waals surface area contributed by atoms with Crippen molar-refractivity contribution in [1.29, 1.82) is 0 Å². The summed E-state index contributed by atoms with van der Waals surface area (Å²) in [5.41, 5.74) is 1.35. The zero-order valence-electron chi connectivity index (χ0n) is 13.2. The minimum atomic E-state index is 0.318. The SMILES string of the molecule is CCNc1nc(C)cc(NC23CC4CC(CC(C4)C2)C3)n1. The van der Waals surface area contributed by atoms with Crippen molar-refractivity contribution in [2.75, 3.05) is 17.2 Å². The molecule has 0 amide bonds. The molecule has 2 N–H and O–H groups in total. The van der Waals surface area contributed by atoms with Crippen molar-refractivity contribution in [1.82, 2.24) is 9.97 Å². The molecule has 4 aliphatic carbocycles. The summed E-state index contributed by atoms with van der Waals surface area (Å²) in [6.45, 7) is 4.99. The number of aromatic nitrogens is 2. The third kappa shape index (κ3) is 2.49. The third-order valence-corrected chi connectivity index (χ3v) is 5.62. The van der Waals surface area contributed by atoms with E-state index >= 15 is 0 Å². The first-order chi connectivity index (χ1) is 10.1. The third-order valence-electron chi connectivity index (χ3n) is 5.62. The van der Waals surface area contributed by atoms with Gasteiger partial charge in [-0.15, -0.1) is 0 Å². The highest BCUT2D eigenvalue weighted by atomic mass is 15.2. The molecule has 1 aromatic heterocycles. The fourth-order valence-electron chi connectivity index (χ4n) is 5.41. The molecule has 114 valence electrons. The molecule has 4 bridgehead atoms. The van der Waals surface area contributed by atoms with Crippen LogP contribution in [0.15, 0.2) is 6.07 Å². The standard InChI is InChI=1S/C17H26N4/c1-3-18-16-19-11(2)4-15(20-16)21-17-8-12-5-13(9-17)7-14(6-12)10-17/h4,12-14H,3,5-10H2,1-2H3,(H2,18,19,20,21). The molecule has 0 saturated heterocycles. The lowest BCUT2D eigenvalue weighted by Crippen LogP contribution is -2.54. The van der Waals surface area contributed by atoms with Crippen molar-refractivity contribution in [3.05, 3.63) is 11.8 Å². The van der Waals surface area contributed by atoms with Gasteiger partial charge in [0.1, 0.15) is 5.82 Å². The summed E-state index contributed by atoms with van der Waals surface area (Å²) >= 11 is 0. The van der Waals surface area contributed by atoms with Crippen molar-refractivity contribution < 1.29 is 0 Å². The van der Waals surface area contributed by atoms with E-state index in [1.807, 2.05) is 6.92 Å². The minimum absolute atomic E-state index is 0.318. The van der Waals surface area contributed by atoms with E-state index in [2.05, 4.69) is 33.6 Å². The molecule has 4 saturated carbocycles. The first kappa shape index (κ1) is 13.4. The predicted octanol–water partition coefficient (Wildman–Crippen LogP) is 3.60. The van der Waals surface area contributed by atoms with Gasteiger partial charge in [0.25, 0.3) is 0 Å². The lowest BCUT2D eigenvalue weighted by Gasteiger charge is -2.57. The quantitative estimate of drug-likeness (QED) is 0.888. The van der Waals surface area contributed by atoms with Crippen molar-refractivity contribution in [3.63, 3.8) is 0 Å². The summed E-state index contributed by atoms with van der Waals surface area (Å²) in [5, 5.41) is 7.07. The zero-order valence-corrected chi connectivity index (χ0v) is 13.2. The number of hydrogen-bond donors (Lipinski definition) is 2. The molecular formula is C17H26N4. The van der Waals surface area contributed by atoms with Crippen molar-refractivity contribution in [2.45, 2.75) is 57.9 Å². The number of nitrogens with zero attached hydrogens (tertiary/aromatic N) is 2. The topological polar surface area (TPSA) is 49.8 Å². The van der Waals surface area contributed by atoms with Gasteiger partial charge in [0.15, 0.2) is 0 Å². The van der Waals surface area contributed by atoms with E-state index in [1.54, 1.807) is 0 Å². The molecular weight excluding hydrogens is 260 g/mol. The summed E-state index contributed by atoms with van der Waals surface area (Å²) in [5.74, 6) is 4.64. The molecule has 1 heterocycles. The van der Waals surface area contributed by atoms with Crippen LogP contribution in [0.25, 0.3) is 0 Å². The summed E-state index contributed by atoms with van der Waals surface area (Å²) in [6, 6.07) is 2.10. The Morgan fingerprint density at radius 3 is 2.29 bits per heavy atom. The van der Waals surface area contributed by atoms with Crippen LogP contribution in [-0.2, 0) is 0 Å². The van der Waals surface area contributed by atoms with Crippen LogP contribution in [0, 0.1) is 24.7 Å². The van der Waals surface area contributed by atoms with Gasteiger partial charge in [-0.1, -0.05) is 0 Å². The van der Waals surface area contributed by atoms with Crippen molar-refractivity contribution in [3.8, 4) is 0 Å². The summed E-state index contributed by atoms with van der Waals surface area (Å²) in [6.07, 6.45) is 8.47. The molecule has 4 fully saturated rings. The number of nitrogens with one attached hydrogen (secondary N) is 2. The summed E-state index contributed by atoms with van der Waals surface area (Å²) in [4.78, 5) is 9.12. The lowest BCUT2D eigenvalue weighted by molar-refractivity contribution is 0.0105. The van der Waals surface area contributed by atoms with Crippen molar-refractivity contribution >= 4 is 11.8 Å². The van der Waals surface area contributed by atoms with Crippen LogP contribution in [0.2, 0.25) is 0 Å². The Morgan fingerprint density at radius 1 is 1.10 bits per heavy atom. The highest BCUT2D eigenvalue weighted by Crippen LogP contribution is 2.56. The largest absolute Gasteiger partial charge is 0.364 e.